The van der Waals surface area contributed by atoms with Gasteiger partial charge in [0, 0.05) is 0 Å². The van der Waals surface area contributed by atoms with Crippen molar-refractivity contribution in [2.75, 3.05) is 18.9 Å². The maximum Gasteiger partial charge on any atom is 0.265 e. The number of carbonyl (C=O) groups excluding carboxylic acids is 1. The fourth-order valence-corrected chi connectivity index (χ4v) is 1.67. The molecule has 0 bridgehead atoms. The van der Waals surface area contributed by atoms with Crippen LogP contribution in [0.3, 0.4) is 0 Å². The Morgan fingerprint density at radius 1 is 1.50 bits per heavy atom. The van der Waals surface area contributed by atoms with E-state index in [4.69, 9.17) is 4.74 Å². The SMILES string of the molecule is CNCCc1ccc2c(c1)OC(C)C(=O)N2. The first-order valence-electron chi connectivity index (χ1n) is 5.46. The number of nitrogens with one attached hydrogen (secondary N) is 2. The molecule has 0 spiro atoms. The third-order valence-electron chi connectivity index (χ3n) is 2.64. The summed E-state index contributed by atoms with van der Waals surface area (Å²) in [5.74, 6) is 0.677. The normalized spacial score (nSPS) is 18.6. The maximum atomic E-state index is 11.4. The molecule has 1 aromatic rings. The Morgan fingerprint density at radius 3 is 3.06 bits per heavy atom. The highest BCUT2D eigenvalue weighted by Crippen LogP contribution is 2.30. The number of fused-ring (bicyclic) bond motifs is 1. The zero-order valence-corrected chi connectivity index (χ0v) is 9.54. The molecule has 1 heterocycles. The number of ether oxygens (including phenoxy) is 1. The van der Waals surface area contributed by atoms with Gasteiger partial charge >= 0.3 is 0 Å². The number of hydrogen-bond acceptors (Lipinski definition) is 3. The maximum absolute atomic E-state index is 11.4. The van der Waals surface area contributed by atoms with Gasteiger partial charge in [-0.15, -0.1) is 0 Å². The third-order valence-corrected chi connectivity index (χ3v) is 2.64. The summed E-state index contributed by atoms with van der Waals surface area (Å²) in [5.41, 5.74) is 1.97. The number of benzene rings is 1. The summed E-state index contributed by atoms with van der Waals surface area (Å²) in [5, 5.41) is 5.91. The molecule has 0 aromatic heterocycles. The molecular formula is C12H16N2O2. The molecule has 0 saturated heterocycles. The first-order chi connectivity index (χ1) is 7.70. The van der Waals surface area contributed by atoms with Gasteiger partial charge in [-0.05, 0) is 44.6 Å². The summed E-state index contributed by atoms with van der Waals surface area (Å²) in [6, 6.07) is 5.89. The molecular weight excluding hydrogens is 204 g/mol. The van der Waals surface area contributed by atoms with Crippen LogP contribution in [0.2, 0.25) is 0 Å². The molecule has 0 radical (unpaired) electrons. The highest BCUT2D eigenvalue weighted by atomic mass is 16.5. The molecule has 0 saturated carbocycles. The second kappa shape index (κ2) is 4.53. The van der Waals surface area contributed by atoms with E-state index in [2.05, 4.69) is 10.6 Å². The van der Waals surface area contributed by atoms with Gasteiger partial charge in [0.15, 0.2) is 6.10 Å². The number of amides is 1. The second-order valence-corrected chi connectivity index (χ2v) is 3.93. The van der Waals surface area contributed by atoms with Crippen LogP contribution in [0.25, 0.3) is 0 Å². The average Bonchev–Trinajstić information content (AvgIpc) is 2.28. The van der Waals surface area contributed by atoms with Crippen molar-refractivity contribution < 1.29 is 9.53 Å². The predicted octanol–water partition coefficient (Wildman–Crippen LogP) is 1.17. The number of carbonyl (C=O) groups is 1. The summed E-state index contributed by atoms with van der Waals surface area (Å²) in [6.07, 6.45) is 0.544. The largest absolute Gasteiger partial charge is 0.479 e. The summed E-state index contributed by atoms with van der Waals surface area (Å²) in [4.78, 5) is 11.4. The number of anilines is 1. The lowest BCUT2D eigenvalue weighted by Crippen LogP contribution is -2.34. The van der Waals surface area contributed by atoms with Crippen LogP contribution in [0.15, 0.2) is 18.2 Å². The van der Waals surface area contributed by atoms with E-state index in [-0.39, 0.29) is 5.91 Å². The van der Waals surface area contributed by atoms with Crippen LogP contribution in [0, 0.1) is 0 Å². The Balaban J connectivity index is 2.19. The van der Waals surface area contributed by atoms with Crippen molar-refractivity contribution >= 4 is 11.6 Å². The minimum atomic E-state index is -0.410. The minimum absolute atomic E-state index is 0.0875. The van der Waals surface area contributed by atoms with Gasteiger partial charge in [-0.3, -0.25) is 4.79 Å². The minimum Gasteiger partial charge on any atom is -0.479 e. The Labute approximate surface area is 95.0 Å². The van der Waals surface area contributed by atoms with Gasteiger partial charge in [-0.1, -0.05) is 6.07 Å². The fourth-order valence-electron chi connectivity index (χ4n) is 1.67. The zero-order valence-electron chi connectivity index (χ0n) is 9.54. The molecule has 2 N–H and O–H groups in total. The Morgan fingerprint density at radius 2 is 2.31 bits per heavy atom. The van der Waals surface area contributed by atoms with E-state index in [9.17, 15) is 4.79 Å². The molecule has 1 aliphatic rings. The molecule has 1 atom stereocenters. The predicted molar refractivity (Wildman–Crippen MR) is 62.8 cm³/mol. The van der Waals surface area contributed by atoms with Crippen molar-refractivity contribution in [3.63, 3.8) is 0 Å². The van der Waals surface area contributed by atoms with Crippen molar-refractivity contribution in [2.24, 2.45) is 0 Å². The smallest absolute Gasteiger partial charge is 0.265 e. The first-order valence-corrected chi connectivity index (χ1v) is 5.46. The second-order valence-electron chi connectivity index (χ2n) is 3.93. The van der Waals surface area contributed by atoms with Crippen molar-refractivity contribution in [2.45, 2.75) is 19.4 Å². The van der Waals surface area contributed by atoms with Gasteiger partial charge in [0.25, 0.3) is 5.91 Å². The van der Waals surface area contributed by atoms with Crippen molar-refractivity contribution in [1.29, 1.82) is 0 Å². The molecule has 0 aliphatic carbocycles. The van der Waals surface area contributed by atoms with E-state index in [0.717, 1.165) is 24.4 Å². The van der Waals surface area contributed by atoms with E-state index in [0.29, 0.717) is 0 Å². The topological polar surface area (TPSA) is 50.4 Å². The van der Waals surface area contributed by atoms with Crippen LogP contribution in [-0.4, -0.2) is 25.6 Å². The number of rotatable bonds is 3. The third kappa shape index (κ3) is 2.17. The molecule has 2 rings (SSSR count). The Hall–Kier alpha value is -1.55. The van der Waals surface area contributed by atoms with E-state index in [1.807, 2.05) is 25.2 Å². The molecule has 0 fully saturated rings. The van der Waals surface area contributed by atoms with Crippen LogP contribution in [0.5, 0.6) is 5.75 Å². The Kier molecular flexibility index (Phi) is 3.10. The summed E-state index contributed by atoms with van der Waals surface area (Å²) >= 11 is 0. The van der Waals surface area contributed by atoms with Gasteiger partial charge in [-0.25, -0.2) is 0 Å². The van der Waals surface area contributed by atoms with Crippen molar-refractivity contribution in [3.05, 3.63) is 23.8 Å². The fraction of sp³-hybridized carbons (Fsp3) is 0.417. The molecule has 4 nitrogen and oxygen atoms in total. The molecule has 1 unspecified atom stereocenters. The van der Waals surface area contributed by atoms with Crippen molar-refractivity contribution in [1.82, 2.24) is 5.32 Å². The van der Waals surface area contributed by atoms with Crippen LogP contribution in [0.4, 0.5) is 5.69 Å². The number of hydrogen-bond donors (Lipinski definition) is 2. The molecule has 4 heteroatoms. The molecule has 1 amide bonds. The van der Waals surface area contributed by atoms with E-state index in [1.165, 1.54) is 5.56 Å². The van der Waals surface area contributed by atoms with Gasteiger partial charge in [0.05, 0.1) is 5.69 Å². The highest BCUT2D eigenvalue weighted by molar-refractivity contribution is 5.97. The lowest BCUT2D eigenvalue weighted by molar-refractivity contribution is -0.122. The van der Waals surface area contributed by atoms with Crippen LogP contribution in [0.1, 0.15) is 12.5 Å². The van der Waals surface area contributed by atoms with Crippen molar-refractivity contribution in [3.8, 4) is 5.75 Å². The van der Waals surface area contributed by atoms with Gasteiger partial charge < -0.3 is 15.4 Å². The number of likely N-dealkylation sites (N-methyl/N-ethyl adjacent to an activating group) is 1. The standard InChI is InChI=1S/C12H16N2O2/c1-8-12(15)14-10-4-3-9(5-6-13-2)7-11(10)16-8/h3-4,7-8,13H,5-6H2,1-2H3,(H,14,15). The summed E-state index contributed by atoms with van der Waals surface area (Å²) in [7, 11) is 1.93. The molecule has 16 heavy (non-hydrogen) atoms. The Bertz CT molecular complexity index is 404. The zero-order chi connectivity index (χ0) is 11.5. The lowest BCUT2D eigenvalue weighted by Gasteiger charge is -2.23. The quantitative estimate of drug-likeness (QED) is 0.804. The summed E-state index contributed by atoms with van der Waals surface area (Å²) in [6.45, 7) is 2.68. The van der Waals surface area contributed by atoms with Crippen LogP contribution < -0.4 is 15.4 Å². The van der Waals surface area contributed by atoms with E-state index >= 15 is 0 Å². The monoisotopic (exact) mass is 220 g/mol. The molecule has 1 aliphatic heterocycles. The first kappa shape index (κ1) is 11.0. The summed E-state index contributed by atoms with van der Waals surface area (Å²) < 4.78 is 5.53. The lowest BCUT2D eigenvalue weighted by atomic mass is 10.1. The van der Waals surface area contributed by atoms with E-state index in [1.54, 1.807) is 6.92 Å². The van der Waals surface area contributed by atoms with Crippen LogP contribution in [-0.2, 0) is 11.2 Å². The van der Waals surface area contributed by atoms with Gasteiger partial charge in [-0.2, -0.15) is 0 Å². The molecule has 1 aromatic carbocycles. The average molecular weight is 220 g/mol. The van der Waals surface area contributed by atoms with Gasteiger partial charge in [0.1, 0.15) is 5.75 Å². The van der Waals surface area contributed by atoms with E-state index < -0.39 is 6.10 Å². The highest BCUT2D eigenvalue weighted by Gasteiger charge is 2.23. The van der Waals surface area contributed by atoms with Gasteiger partial charge in [0.2, 0.25) is 0 Å². The van der Waals surface area contributed by atoms with Crippen LogP contribution >= 0.6 is 0 Å². The molecule has 86 valence electrons.